The molecule has 1 aliphatic heterocycles. The Hall–Kier alpha value is -5.52. The first-order chi connectivity index (χ1) is 23.5. The molecular formula is C37H28N4O5S2. The normalized spacial score (nSPS) is 15.6. The first kappa shape index (κ1) is 31.1. The molecule has 48 heavy (non-hydrogen) atoms. The number of carbonyl (C=O) groups is 2. The molecule has 3 heterocycles. The average Bonchev–Trinajstić information content (AvgIpc) is 3.71. The summed E-state index contributed by atoms with van der Waals surface area (Å²) >= 11 is 2.71. The Labute approximate surface area is 284 Å². The van der Waals surface area contributed by atoms with Crippen molar-refractivity contribution in [2.75, 3.05) is 12.0 Å². The van der Waals surface area contributed by atoms with Crippen molar-refractivity contribution in [1.82, 2.24) is 15.2 Å². The van der Waals surface area contributed by atoms with E-state index in [1.54, 1.807) is 30.3 Å². The number of anilines is 1. The monoisotopic (exact) mass is 672 g/mol. The highest BCUT2D eigenvalue weighted by molar-refractivity contribution is 8.00. The summed E-state index contributed by atoms with van der Waals surface area (Å²) in [4.78, 5) is 32.7. The first-order valence-electron chi connectivity index (χ1n) is 15.0. The largest absolute Gasteiger partial charge is 0.507 e. The minimum absolute atomic E-state index is 0.0774. The van der Waals surface area contributed by atoms with E-state index in [0.717, 1.165) is 21.9 Å². The van der Waals surface area contributed by atoms with Gasteiger partial charge in [0.2, 0.25) is 5.13 Å². The van der Waals surface area contributed by atoms with E-state index in [-0.39, 0.29) is 16.5 Å². The molecule has 1 N–H and O–H groups in total. The number of pyridine rings is 1. The zero-order chi connectivity index (χ0) is 33.0. The number of methoxy groups -OCH3 is 1. The molecule has 1 unspecified atom stereocenters. The van der Waals surface area contributed by atoms with E-state index in [2.05, 4.69) is 39.4 Å². The average molecular weight is 673 g/mol. The SMILES string of the molecule is COc1cc(C2/C(=C(\O)c3ccncc3)C(=O)C(=O)N2c2nnc(SCc3cccc4ccccc34)s2)ccc1OCc1ccccc1. The van der Waals surface area contributed by atoms with E-state index in [4.69, 9.17) is 9.47 Å². The number of carbonyl (C=O) groups excluding carboxylic acids is 2. The fourth-order valence-corrected chi connectivity index (χ4v) is 7.51. The lowest BCUT2D eigenvalue weighted by molar-refractivity contribution is -0.132. The molecule has 1 aliphatic rings. The number of amides is 1. The van der Waals surface area contributed by atoms with Crippen molar-refractivity contribution in [1.29, 1.82) is 0 Å². The van der Waals surface area contributed by atoms with Crippen LogP contribution in [0.4, 0.5) is 5.13 Å². The van der Waals surface area contributed by atoms with Crippen molar-refractivity contribution in [2.45, 2.75) is 22.7 Å². The van der Waals surface area contributed by atoms with E-state index >= 15 is 0 Å². The minimum Gasteiger partial charge on any atom is -0.507 e. The van der Waals surface area contributed by atoms with Crippen molar-refractivity contribution >= 4 is 56.5 Å². The number of hydrogen-bond acceptors (Lipinski definition) is 10. The molecule has 9 nitrogen and oxygen atoms in total. The molecule has 0 spiro atoms. The number of aromatic nitrogens is 3. The van der Waals surface area contributed by atoms with Gasteiger partial charge in [0.25, 0.3) is 5.78 Å². The predicted molar refractivity (Wildman–Crippen MR) is 186 cm³/mol. The molecule has 1 fully saturated rings. The van der Waals surface area contributed by atoms with Gasteiger partial charge in [0.1, 0.15) is 12.4 Å². The van der Waals surface area contributed by atoms with Crippen LogP contribution in [0.25, 0.3) is 16.5 Å². The maximum absolute atomic E-state index is 13.7. The van der Waals surface area contributed by atoms with Gasteiger partial charge in [-0.2, -0.15) is 0 Å². The highest BCUT2D eigenvalue weighted by atomic mass is 32.2. The quantitative estimate of drug-likeness (QED) is 0.0517. The van der Waals surface area contributed by atoms with Crippen molar-refractivity contribution in [2.24, 2.45) is 0 Å². The molecule has 11 heteroatoms. The number of fused-ring (bicyclic) bond motifs is 1. The Morgan fingerprint density at radius 2 is 1.67 bits per heavy atom. The molecule has 2 aromatic heterocycles. The number of benzene rings is 4. The molecule has 0 aliphatic carbocycles. The number of Topliss-reactive ketones (excluding diaryl/α,β-unsaturated/α-hetero) is 1. The first-order valence-corrected chi connectivity index (χ1v) is 16.8. The van der Waals surface area contributed by atoms with E-state index < -0.39 is 17.7 Å². The van der Waals surface area contributed by atoms with Crippen LogP contribution in [0.2, 0.25) is 0 Å². The maximum Gasteiger partial charge on any atom is 0.301 e. The summed E-state index contributed by atoms with van der Waals surface area (Å²) in [5.41, 5.74) is 2.93. The summed E-state index contributed by atoms with van der Waals surface area (Å²) in [5, 5.41) is 22.7. The van der Waals surface area contributed by atoms with Crippen LogP contribution in [0.5, 0.6) is 11.5 Å². The van der Waals surface area contributed by atoms with Crippen LogP contribution in [0.3, 0.4) is 0 Å². The summed E-state index contributed by atoms with van der Waals surface area (Å²) < 4.78 is 12.4. The number of aliphatic hydroxyl groups excluding tert-OH is 1. The number of hydrogen-bond donors (Lipinski definition) is 1. The number of ketones is 1. The van der Waals surface area contributed by atoms with Crippen LogP contribution in [0.1, 0.15) is 28.3 Å². The van der Waals surface area contributed by atoms with Gasteiger partial charge in [0, 0.05) is 23.7 Å². The maximum atomic E-state index is 13.7. The van der Waals surface area contributed by atoms with Gasteiger partial charge in [-0.05, 0) is 51.7 Å². The Balaban J connectivity index is 1.24. The topological polar surface area (TPSA) is 115 Å². The fraction of sp³-hybridized carbons (Fsp3) is 0.108. The van der Waals surface area contributed by atoms with E-state index in [9.17, 15) is 14.7 Å². The second-order valence-corrected chi connectivity index (χ2v) is 13.0. The summed E-state index contributed by atoms with van der Waals surface area (Å²) in [7, 11) is 1.52. The second-order valence-electron chi connectivity index (χ2n) is 10.9. The van der Waals surface area contributed by atoms with Crippen LogP contribution in [0.15, 0.2) is 125 Å². The Morgan fingerprint density at radius 3 is 2.48 bits per heavy atom. The number of thioether (sulfide) groups is 1. The summed E-state index contributed by atoms with van der Waals surface area (Å²) in [5.74, 6) is -0.442. The molecule has 0 bridgehead atoms. The zero-order valence-corrected chi connectivity index (χ0v) is 27.3. The minimum atomic E-state index is -1.01. The van der Waals surface area contributed by atoms with Gasteiger partial charge in [0.15, 0.2) is 15.8 Å². The van der Waals surface area contributed by atoms with Crippen LogP contribution in [-0.2, 0) is 21.9 Å². The fourth-order valence-electron chi connectivity index (χ4n) is 5.64. The van der Waals surface area contributed by atoms with Gasteiger partial charge in [-0.3, -0.25) is 19.5 Å². The van der Waals surface area contributed by atoms with Crippen LogP contribution in [0, 0.1) is 0 Å². The molecule has 6 aromatic rings. The van der Waals surface area contributed by atoms with Crippen LogP contribution in [-0.4, -0.2) is 39.1 Å². The van der Waals surface area contributed by atoms with Gasteiger partial charge in [0.05, 0.1) is 18.7 Å². The molecule has 7 rings (SSSR count). The molecule has 238 valence electrons. The lowest BCUT2D eigenvalue weighted by Crippen LogP contribution is -2.29. The Bertz CT molecular complexity index is 2150. The molecule has 0 radical (unpaired) electrons. The number of aliphatic hydroxyl groups is 1. The lowest BCUT2D eigenvalue weighted by atomic mass is 9.95. The second kappa shape index (κ2) is 13.7. The van der Waals surface area contributed by atoms with Crippen molar-refractivity contribution in [3.8, 4) is 11.5 Å². The number of nitrogens with zero attached hydrogens (tertiary/aromatic N) is 4. The third kappa shape index (κ3) is 6.13. The highest BCUT2D eigenvalue weighted by Crippen LogP contribution is 2.45. The van der Waals surface area contributed by atoms with E-state index in [1.807, 2.05) is 48.5 Å². The lowest BCUT2D eigenvalue weighted by Gasteiger charge is -2.23. The van der Waals surface area contributed by atoms with Crippen LogP contribution < -0.4 is 14.4 Å². The van der Waals surface area contributed by atoms with Crippen molar-refractivity contribution < 1.29 is 24.2 Å². The number of rotatable bonds is 10. The molecule has 4 aromatic carbocycles. The third-order valence-corrected chi connectivity index (χ3v) is 10.1. The van der Waals surface area contributed by atoms with Gasteiger partial charge in [-0.25, -0.2) is 0 Å². The predicted octanol–water partition coefficient (Wildman–Crippen LogP) is 7.59. The molecule has 1 saturated heterocycles. The summed E-state index contributed by atoms with van der Waals surface area (Å²) in [6.07, 6.45) is 3.01. The number of ether oxygens (including phenoxy) is 2. The summed E-state index contributed by atoms with van der Waals surface area (Å²) in [6, 6.07) is 31.4. The molecule has 0 saturated carbocycles. The highest BCUT2D eigenvalue weighted by Gasteiger charge is 2.48. The van der Waals surface area contributed by atoms with Gasteiger partial charge in [-0.1, -0.05) is 102 Å². The smallest absolute Gasteiger partial charge is 0.301 e. The van der Waals surface area contributed by atoms with E-state index in [1.165, 1.54) is 47.5 Å². The molecule has 1 amide bonds. The Morgan fingerprint density at radius 1 is 0.896 bits per heavy atom. The van der Waals surface area contributed by atoms with Gasteiger partial charge in [-0.15, -0.1) is 10.2 Å². The van der Waals surface area contributed by atoms with Gasteiger partial charge >= 0.3 is 5.91 Å². The molecule has 1 atom stereocenters. The summed E-state index contributed by atoms with van der Waals surface area (Å²) in [6.45, 7) is 0.320. The third-order valence-electron chi connectivity index (χ3n) is 7.97. The Kier molecular flexibility index (Phi) is 8.87. The van der Waals surface area contributed by atoms with E-state index in [0.29, 0.717) is 39.3 Å². The van der Waals surface area contributed by atoms with Crippen molar-refractivity contribution in [3.63, 3.8) is 0 Å². The van der Waals surface area contributed by atoms with Crippen molar-refractivity contribution in [3.05, 3.63) is 143 Å². The van der Waals surface area contributed by atoms with Crippen LogP contribution >= 0.6 is 23.1 Å². The zero-order valence-electron chi connectivity index (χ0n) is 25.6. The molecular weight excluding hydrogens is 645 g/mol. The standard InChI is InChI=1S/C37H28N4O5S2/c1-45-30-20-26(14-15-29(30)46-21-23-8-3-2-4-9-23)32-31(33(42)25-16-18-38-19-17-25)34(43)35(44)41(32)36-39-40-37(48-36)47-22-27-12-7-11-24-10-5-6-13-28(24)27/h2-20,32,42H,21-22H2,1H3/b33-31+. The van der Waals surface area contributed by atoms with Gasteiger partial charge < -0.3 is 14.6 Å².